The first-order chi connectivity index (χ1) is 15.4. The predicted molar refractivity (Wildman–Crippen MR) is 127 cm³/mol. The second kappa shape index (κ2) is 9.51. The number of aromatic nitrogens is 2. The van der Waals surface area contributed by atoms with Crippen molar-refractivity contribution in [1.29, 1.82) is 0 Å². The number of fused-ring (bicyclic) bond motifs is 1. The molecule has 1 heterocycles. The summed E-state index contributed by atoms with van der Waals surface area (Å²) in [5.41, 5.74) is 1.84. The third-order valence-electron chi connectivity index (χ3n) is 6.17. The number of amides is 1. The molecule has 6 nitrogen and oxygen atoms in total. The first-order valence-corrected chi connectivity index (χ1v) is 11.2. The van der Waals surface area contributed by atoms with Gasteiger partial charge in [0.05, 0.1) is 5.52 Å². The smallest absolute Gasteiger partial charge is 0.251 e. The predicted octanol–water partition coefficient (Wildman–Crippen LogP) is 4.54. The molecule has 0 aliphatic heterocycles. The number of hydrogen-bond acceptors (Lipinski definition) is 5. The van der Waals surface area contributed by atoms with Crippen LogP contribution in [0.5, 0.6) is 0 Å². The highest BCUT2D eigenvalue weighted by Gasteiger charge is 2.23. The molecule has 0 radical (unpaired) electrons. The van der Waals surface area contributed by atoms with E-state index in [1.54, 1.807) is 19.1 Å². The molecule has 0 saturated heterocycles. The maximum absolute atomic E-state index is 13.7. The fourth-order valence-corrected chi connectivity index (χ4v) is 4.23. The average Bonchev–Trinajstić information content (AvgIpc) is 2.79. The van der Waals surface area contributed by atoms with Crippen molar-refractivity contribution in [3.63, 3.8) is 0 Å². The Kier molecular flexibility index (Phi) is 6.53. The van der Waals surface area contributed by atoms with E-state index in [1.165, 1.54) is 6.07 Å². The Morgan fingerprint density at radius 1 is 1.09 bits per heavy atom. The number of benzene rings is 2. The summed E-state index contributed by atoms with van der Waals surface area (Å²) in [6.07, 6.45) is 3.84. The zero-order chi connectivity index (χ0) is 22.7. The summed E-state index contributed by atoms with van der Waals surface area (Å²) in [5, 5.41) is 7.51. The van der Waals surface area contributed by atoms with Crippen LogP contribution in [0.3, 0.4) is 0 Å². The minimum absolute atomic E-state index is 0.125. The number of anilines is 2. The van der Waals surface area contributed by atoms with E-state index in [-0.39, 0.29) is 17.8 Å². The Bertz CT molecular complexity index is 1110. The highest BCUT2D eigenvalue weighted by Crippen LogP contribution is 2.27. The maximum atomic E-state index is 13.7. The molecule has 2 N–H and O–H groups in total. The van der Waals surface area contributed by atoms with Gasteiger partial charge in [0.15, 0.2) is 0 Å². The highest BCUT2D eigenvalue weighted by molar-refractivity contribution is 5.94. The van der Waals surface area contributed by atoms with Crippen LogP contribution in [-0.2, 0) is 0 Å². The Balaban J connectivity index is 1.31. The number of para-hydroxylation sites is 1. The molecule has 1 aliphatic carbocycles. The second-order valence-electron chi connectivity index (χ2n) is 8.82. The van der Waals surface area contributed by atoms with Gasteiger partial charge in [-0.2, -0.15) is 4.98 Å². The van der Waals surface area contributed by atoms with Gasteiger partial charge in [0.25, 0.3) is 5.91 Å². The zero-order valence-corrected chi connectivity index (χ0v) is 18.9. The summed E-state index contributed by atoms with van der Waals surface area (Å²) >= 11 is 0. The fraction of sp³-hybridized carbons (Fsp3) is 0.400. The summed E-state index contributed by atoms with van der Waals surface area (Å²) in [6.45, 7) is 2.49. The Labute approximate surface area is 188 Å². The second-order valence-corrected chi connectivity index (χ2v) is 8.82. The van der Waals surface area contributed by atoms with E-state index in [9.17, 15) is 9.18 Å². The van der Waals surface area contributed by atoms with Gasteiger partial charge in [0.2, 0.25) is 5.95 Å². The lowest BCUT2D eigenvalue weighted by Gasteiger charge is -2.29. The van der Waals surface area contributed by atoms with Crippen molar-refractivity contribution in [1.82, 2.24) is 15.3 Å². The Morgan fingerprint density at radius 2 is 1.84 bits per heavy atom. The van der Waals surface area contributed by atoms with Crippen LogP contribution in [0.15, 0.2) is 42.5 Å². The molecule has 2 aromatic carbocycles. The number of aryl methyl sites for hydroxylation is 1. The quantitative estimate of drug-likeness (QED) is 0.595. The van der Waals surface area contributed by atoms with E-state index in [0.717, 1.165) is 48.9 Å². The van der Waals surface area contributed by atoms with E-state index in [4.69, 9.17) is 4.98 Å². The van der Waals surface area contributed by atoms with Crippen molar-refractivity contribution in [3.8, 4) is 0 Å². The fourth-order valence-electron chi connectivity index (χ4n) is 4.23. The molecule has 1 saturated carbocycles. The van der Waals surface area contributed by atoms with Gasteiger partial charge in [0, 0.05) is 37.6 Å². The summed E-state index contributed by atoms with van der Waals surface area (Å²) in [6, 6.07) is 12.8. The third kappa shape index (κ3) is 4.98. The molecule has 1 fully saturated rings. The minimum atomic E-state index is -0.347. The summed E-state index contributed by atoms with van der Waals surface area (Å²) in [4.78, 5) is 23.8. The van der Waals surface area contributed by atoms with Crippen molar-refractivity contribution in [2.24, 2.45) is 5.92 Å². The van der Waals surface area contributed by atoms with Crippen LogP contribution in [-0.4, -0.2) is 42.6 Å². The number of hydrogen-bond donors (Lipinski definition) is 2. The molecule has 1 amide bonds. The van der Waals surface area contributed by atoms with E-state index in [0.29, 0.717) is 23.0 Å². The van der Waals surface area contributed by atoms with Crippen molar-refractivity contribution in [2.75, 3.05) is 30.9 Å². The number of carbonyl (C=O) groups is 1. The summed E-state index contributed by atoms with van der Waals surface area (Å²) in [5.74, 6) is 1.49. The molecule has 168 valence electrons. The number of carbonyl (C=O) groups excluding carboxylic acids is 1. The van der Waals surface area contributed by atoms with Crippen LogP contribution in [0.25, 0.3) is 10.9 Å². The molecule has 4 rings (SSSR count). The number of rotatable bonds is 6. The van der Waals surface area contributed by atoms with Gasteiger partial charge in [-0.05, 0) is 68.4 Å². The lowest BCUT2D eigenvalue weighted by atomic mass is 9.86. The molecular formula is C25H30FN5O. The van der Waals surface area contributed by atoms with Crippen LogP contribution < -0.4 is 15.5 Å². The van der Waals surface area contributed by atoms with E-state index in [2.05, 4.69) is 15.6 Å². The van der Waals surface area contributed by atoms with Crippen LogP contribution in [0.4, 0.5) is 16.2 Å². The van der Waals surface area contributed by atoms with E-state index < -0.39 is 0 Å². The van der Waals surface area contributed by atoms with Gasteiger partial charge in [-0.15, -0.1) is 0 Å². The lowest BCUT2D eigenvalue weighted by molar-refractivity contribution is 0.0922. The minimum Gasteiger partial charge on any atom is -0.362 e. The number of nitrogens with zero attached hydrogens (tertiary/aromatic N) is 3. The van der Waals surface area contributed by atoms with Crippen molar-refractivity contribution < 1.29 is 9.18 Å². The SMILES string of the molecule is Cc1ccc(C(=O)NC2CCC(CNc3nc(N(C)C)c4ccccc4n3)CC2)cc1F. The molecule has 32 heavy (non-hydrogen) atoms. The molecule has 7 heteroatoms. The van der Waals surface area contributed by atoms with Gasteiger partial charge in [0.1, 0.15) is 11.6 Å². The molecular weight excluding hydrogens is 405 g/mol. The third-order valence-corrected chi connectivity index (χ3v) is 6.17. The molecule has 0 spiro atoms. The summed E-state index contributed by atoms with van der Waals surface area (Å²) < 4.78 is 13.7. The van der Waals surface area contributed by atoms with Crippen LogP contribution in [0.2, 0.25) is 0 Å². The monoisotopic (exact) mass is 435 g/mol. The molecule has 0 atom stereocenters. The number of halogens is 1. The highest BCUT2D eigenvalue weighted by atomic mass is 19.1. The first kappa shape index (κ1) is 22.0. The lowest BCUT2D eigenvalue weighted by Crippen LogP contribution is -2.38. The number of nitrogens with one attached hydrogen (secondary N) is 2. The van der Waals surface area contributed by atoms with Crippen LogP contribution >= 0.6 is 0 Å². The van der Waals surface area contributed by atoms with Crippen molar-refractivity contribution in [2.45, 2.75) is 38.6 Å². The largest absolute Gasteiger partial charge is 0.362 e. The molecule has 0 bridgehead atoms. The average molecular weight is 436 g/mol. The van der Waals surface area contributed by atoms with Crippen LogP contribution in [0.1, 0.15) is 41.6 Å². The van der Waals surface area contributed by atoms with Gasteiger partial charge >= 0.3 is 0 Å². The van der Waals surface area contributed by atoms with Gasteiger partial charge in [-0.3, -0.25) is 4.79 Å². The Morgan fingerprint density at radius 3 is 2.56 bits per heavy atom. The molecule has 0 unspecified atom stereocenters. The normalized spacial score (nSPS) is 18.4. The van der Waals surface area contributed by atoms with Gasteiger partial charge < -0.3 is 15.5 Å². The van der Waals surface area contributed by atoms with Crippen molar-refractivity contribution >= 4 is 28.6 Å². The topological polar surface area (TPSA) is 70.2 Å². The van der Waals surface area contributed by atoms with Crippen molar-refractivity contribution in [3.05, 3.63) is 59.4 Å². The Hall–Kier alpha value is -3.22. The van der Waals surface area contributed by atoms with E-state index >= 15 is 0 Å². The van der Waals surface area contributed by atoms with Gasteiger partial charge in [-0.25, -0.2) is 9.37 Å². The standard InChI is InChI=1S/C25H30FN5O/c1-16-8-11-18(14-21(16)26)24(32)28-19-12-9-17(10-13-19)15-27-25-29-22-7-5-4-6-20(22)23(30-25)31(2)3/h4-8,11,14,17,19H,9-10,12-13,15H2,1-3H3,(H,28,32)(H,27,29,30). The molecule has 1 aromatic heterocycles. The van der Waals surface area contributed by atoms with Gasteiger partial charge in [-0.1, -0.05) is 18.2 Å². The molecule has 3 aromatic rings. The van der Waals surface area contributed by atoms with E-state index in [1.807, 2.05) is 43.3 Å². The zero-order valence-electron chi connectivity index (χ0n) is 18.9. The summed E-state index contributed by atoms with van der Waals surface area (Å²) in [7, 11) is 3.97. The van der Waals surface area contributed by atoms with Crippen LogP contribution in [0, 0.1) is 18.7 Å². The maximum Gasteiger partial charge on any atom is 0.251 e. The first-order valence-electron chi connectivity index (χ1n) is 11.2. The molecule has 1 aliphatic rings.